The zero-order chi connectivity index (χ0) is 20.0. The van der Waals surface area contributed by atoms with E-state index in [0.717, 1.165) is 5.56 Å². The van der Waals surface area contributed by atoms with Crippen LogP contribution in [0, 0.1) is 16.0 Å². The molecule has 9 heteroatoms. The van der Waals surface area contributed by atoms with Crippen LogP contribution in [0.25, 0.3) is 0 Å². The summed E-state index contributed by atoms with van der Waals surface area (Å²) >= 11 is 3.18. The highest BCUT2D eigenvalue weighted by Crippen LogP contribution is 2.28. The van der Waals surface area contributed by atoms with Crippen LogP contribution in [0.1, 0.15) is 12.0 Å². The van der Waals surface area contributed by atoms with Gasteiger partial charge in [-0.3, -0.25) is 19.7 Å². The first-order valence-corrected chi connectivity index (χ1v) is 8.69. The SMILES string of the molecule is COc1ccc(CC(CC(=O)O)C(=O)Nc2ccc([N+](=O)[O-])cc2Br)cc1. The monoisotopic (exact) mass is 436 g/mol. The second kappa shape index (κ2) is 9.13. The van der Waals surface area contributed by atoms with Crippen molar-refractivity contribution in [2.75, 3.05) is 12.4 Å². The zero-order valence-corrected chi connectivity index (χ0v) is 15.9. The maximum Gasteiger partial charge on any atom is 0.304 e. The normalized spacial score (nSPS) is 11.5. The third-order valence-electron chi connectivity index (χ3n) is 3.85. The smallest absolute Gasteiger partial charge is 0.304 e. The first-order valence-electron chi connectivity index (χ1n) is 7.89. The van der Waals surface area contributed by atoms with E-state index in [1.807, 2.05) is 0 Å². The summed E-state index contributed by atoms with van der Waals surface area (Å²) < 4.78 is 5.41. The number of amides is 1. The lowest BCUT2D eigenvalue weighted by molar-refractivity contribution is -0.384. The molecule has 142 valence electrons. The number of aliphatic carboxylic acids is 1. The molecule has 0 saturated carbocycles. The lowest BCUT2D eigenvalue weighted by atomic mass is 9.95. The van der Waals surface area contributed by atoms with Crippen molar-refractivity contribution in [1.29, 1.82) is 0 Å². The number of hydrogen-bond donors (Lipinski definition) is 2. The van der Waals surface area contributed by atoms with Crippen molar-refractivity contribution in [1.82, 2.24) is 0 Å². The molecule has 0 bridgehead atoms. The molecule has 1 unspecified atom stereocenters. The third kappa shape index (κ3) is 5.78. The molecule has 2 aromatic rings. The molecule has 0 fully saturated rings. The van der Waals surface area contributed by atoms with Gasteiger partial charge in [-0.1, -0.05) is 12.1 Å². The van der Waals surface area contributed by atoms with Gasteiger partial charge in [0.05, 0.1) is 30.1 Å². The summed E-state index contributed by atoms with van der Waals surface area (Å²) in [7, 11) is 1.54. The summed E-state index contributed by atoms with van der Waals surface area (Å²) in [4.78, 5) is 34.0. The summed E-state index contributed by atoms with van der Waals surface area (Å²) in [6.45, 7) is 0. The summed E-state index contributed by atoms with van der Waals surface area (Å²) in [5, 5.41) is 22.5. The predicted molar refractivity (Wildman–Crippen MR) is 102 cm³/mol. The number of carboxylic acids is 1. The molecule has 0 heterocycles. The maximum atomic E-state index is 12.6. The van der Waals surface area contributed by atoms with Crippen molar-refractivity contribution >= 4 is 39.2 Å². The van der Waals surface area contributed by atoms with E-state index in [-0.39, 0.29) is 18.5 Å². The third-order valence-corrected chi connectivity index (χ3v) is 4.51. The Bertz CT molecular complexity index is 853. The van der Waals surface area contributed by atoms with E-state index in [1.165, 1.54) is 25.3 Å². The Morgan fingerprint density at radius 1 is 1.26 bits per heavy atom. The van der Waals surface area contributed by atoms with Crippen molar-refractivity contribution in [3.05, 3.63) is 62.6 Å². The number of nitrogens with one attached hydrogen (secondary N) is 1. The summed E-state index contributed by atoms with van der Waals surface area (Å²) in [5.74, 6) is -1.72. The molecule has 0 aliphatic rings. The highest BCUT2D eigenvalue weighted by Gasteiger charge is 2.23. The van der Waals surface area contributed by atoms with E-state index in [1.54, 1.807) is 24.3 Å². The van der Waals surface area contributed by atoms with Gasteiger partial charge in [-0.2, -0.15) is 0 Å². The fourth-order valence-corrected chi connectivity index (χ4v) is 2.93. The van der Waals surface area contributed by atoms with E-state index < -0.39 is 22.7 Å². The number of benzene rings is 2. The van der Waals surface area contributed by atoms with Gasteiger partial charge in [0.15, 0.2) is 0 Å². The Kier molecular flexibility index (Phi) is 6.89. The molecule has 1 atom stereocenters. The van der Waals surface area contributed by atoms with Gasteiger partial charge in [0.1, 0.15) is 5.75 Å². The van der Waals surface area contributed by atoms with Crippen molar-refractivity contribution in [2.24, 2.45) is 5.92 Å². The molecule has 0 aliphatic carbocycles. The first-order chi connectivity index (χ1) is 12.8. The van der Waals surface area contributed by atoms with Crippen LogP contribution in [-0.2, 0) is 16.0 Å². The van der Waals surface area contributed by atoms with Crippen LogP contribution in [0.3, 0.4) is 0 Å². The van der Waals surface area contributed by atoms with Crippen molar-refractivity contribution in [2.45, 2.75) is 12.8 Å². The van der Waals surface area contributed by atoms with E-state index in [4.69, 9.17) is 9.84 Å². The van der Waals surface area contributed by atoms with E-state index in [9.17, 15) is 19.7 Å². The number of nitro groups is 1. The Morgan fingerprint density at radius 2 is 1.93 bits per heavy atom. The molecule has 8 nitrogen and oxygen atoms in total. The molecule has 0 aliphatic heterocycles. The molecule has 2 aromatic carbocycles. The van der Waals surface area contributed by atoms with Crippen molar-refractivity contribution in [3.8, 4) is 5.75 Å². The number of rotatable bonds is 8. The number of nitrogens with zero attached hydrogens (tertiary/aromatic N) is 1. The number of methoxy groups -OCH3 is 1. The average molecular weight is 437 g/mol. The minimum Gasteiger partial charge on any atom is -0.497 e. The highest BCUT2D eigenvalue weighted by atomic mass is 79.9. The number of non-ortho nitro benzene ring substituents is 1. The van der Waals surface area contributed by atoms with E-state index >= 15 is 0 Å². The van der Waals surface area contributed by atoms with Gasteiger partial charge in [-0.05, 0) is 46.1 Å². The molecular formula is C18H17BrN2O6. The molecule has 27 heavy (non-hydrogen) atoms. The number of anilines is 1. The number of carboxylic acid groups (broad SMARTS) is 1. The molecule has 1 amide bonds. The first kappa shape index (κ1) is 20.4. The van der Waals surface area contributed by atoms with Gasteiger partial charge in [0, 0.05) is 16.6 Å². The number of hydrogen-bond acceptors (Lipinski definition) is 5. The van der Waals surface area contributed by atoms with Gasteiger partial charge in [-0.15, -0.1) is 0 Å². The van der Waals surface area contributed by atoms with E-state index in [0.29, 0.717) is 15.9 Å². The second-order valence-electron chi connectivity index (χ2n) is 5.76. The summed E-state index contributed by atoms with van der Waals surface area (Å²) in [6.07, 6.45) is -0.116. The minimum absolute atomic E-state index is 0.125. The molecule has 2 N–H and O–H groups in total. The van der Waals surface area contributed by atoms with Gasteiger partial charge in [0.2, 0.25) is 5.91 Å². The largest absolute Gasteiger partial charge is 0.497 e. The Balaban J connectivity index is 2.16. The molecule has 0 saturated heterocycles. The topological polar surface area (TPSA) is 119 Å². The van der Waals surface area contributed by atoms with Gasteiger partial charge in [0.25, 0.3) is 5.69 Å². The molecule has 2 rings (SSSR count). The standard InChI is InChI=1S/C18H17BrN2O6/c1-27-14-5-2-11(3-6-14)8-12(9-17(22)23)18(24)20-16-7-4-13(21(25)26)10-15(16)19/h2-7,10,12H,8-9H2,1H3,(H,20,24)(H,22,23). The highest BCUT2D eigenvalue weighted by molar-refractivity contribution is 9.10. The molecular weight excluding hydrogens is 420 g/mol. The number of nitro benzene ring substituents is 1. The lowest BCUT2D eigenvalue weighted by Gasteiger charge is -2.16. The zero-order valence-electron chi connectivity index (χ0n) is 14.3. The number of ether oxygens (including phenoxy) is 1. The molecule has 0 radical (unpaired) electrons. The number of halogens is 1. The summed E-state index contributed by atoms with van der Waals surface area (Å²) in [5.41, 5.74) is 0.996. The number of carbonyl (C=O) groups excluding carboxylic acids is 1. The summed E-state index contributed by atoms with van der Waals surface area (Å²) in [6, 6.07) is 10.9. The quantitative estimate of drug-likeness (QED) is 0.481. The van der Waals surface area contributed by atoms with Crippen LogP contribution in [0.2, 0.25) is 0 Å². The Labute approximate surface area is 163 Å². The fraction of sp³-hybridized carbons (Fsp3) is 0.222. The minimum atomic E-state index is -1.09. The Hall–Kier alpha value is -2.94. The maximum absolute atomic E-state index is 12.6. The van der Waals surface area contributed by atoms with Gasteiger partial charge in [-0.25, -0.2) is 0 Å². The van der Waals surface area contributed by atoms with Crippen LogP contribution in [0.4, 0.5) is 11.4 Å². The lowest BCUT2D eigenvalue weighted by Crippen LogP contribution is -2.27. The molecule has 0 spiro atoms. The van der Waals surface area contributed by atoms with Crippen LogP contribution in [0.15, 0.2) is 46.9 Å². The Morgan fingerprint density at radius 3 is 2.44 bits per heavy atom. The van der Waals surface area contributed by atoms with Gasteiger partial charge >= 0.3 is 5.97 Å². The average Bonchev–Trinajstić information content (AvgIpc) is 2.62. The molecule has 0 aromatic heterocycles. The van der Waals surface area contributed by atoms with Crippen LogP contribution >= 0.6 is 15.9 Å². The predicted octanol–water partition coefficient (Wildman–Crippen LogP) is 3.64. The van der Waals surface area contributed by atoms with Crippen molar-refractivity contribution < 1.29 is 24.4 Å². The number of carbonyl (C=O) groups is 2. The van der Waals surface area contributed by atoms with Gasteiger partial charge < -0.3 is 15.2 Å². The van der Waals surface area contributed by atoms with Crippen molar-refractivity contribution in [3.63, 3.8) is 0 Å². The second-order valence-corrected chi connectivity index (χ2v) is 6.61. The van der Waals surface area contributed by atoms with E-state index in [2.05, 4.69) is 21.2 Å². The van der Waals surface area contributed by atoms with Crippen LogP contribution in [-0.4, -0.2) is 29.0 Å². The van der Waals surface area contributed by atoms with Crippen LogP contribution in [0.5, 0.6) is 5.75 Å². The fourth-order valence-electron chi connectivity index (χ4n) is 2.47. The van der Waals surface area contributed by atoms with Crippen LogP contribution < -0.4 is 10.1 Å².